The van der Waals surface area contributed by atoms with Crippen LogP contribution in [0.5, 0.6) is 0 Å². The van der Waals surface area contributed by atoms with Crippen LogP contribution in [0.1, 0.15) is 12.8 Å². The van der Waals surface area contributed by atoms with Crippen molar-refractivity contribution in [2.24, 2.45) is 11.8 Å². The first-order valence-corrected chi connectivity index (χ1v) is 4.00. The van der Waals surface area contributed by atoms with Gasteiger partial charge in [0.2, 0.25) is 0 Å². The number of carboxylic acid groups (broad SMARTS) is 1. The smallest absolute Gasteiger partial charge is 0.307 e. The highest BCUT2D eigenvalue weighted by molar-refractivity contribution is 5.85. The monoisotopic (exact) mass is 185 g/mol. The molecule has 0 aliphatic heterocycles. The van der Waals surface area contributed by atoms with Crippen LogP contribution in [0.3, 0.4) is 0 Å². The Labute approximate surface area is 75.0 Å². The van der Waals surface area contributed by atoms with Crippen molar-refractivity contribution in [1.29, 1.82) is 0 Å². The maximum Gasteiger partial charge on any atom is 0.307 e. The highest BCUT2D eigenvalue weighted by atomic mass is 16.5. The molecular formula is C8H11NO4. The van der Waals surface area contributed by atoms with Gasteiger partial charge in [-0.05, 0) is 12.8 Å². The second-order valence-electron chi connectivity index (χ2n) is 2.95. The summed E-state index contributed by atoms with van der Waals surface area (Å²) >= 11 is 0. The first-order chi connectivity index (χ1) is 6.16. The summed E-state index contributed by atoms with van der Waals surface area (Å²) in [5.41, 5.74) is 1.47. The molecule has 0 aromatic heterocycles. The second kappa shape index (κ2) is 4.04. The van der Waals surface area contributed by atoms with E-state index in [2.05, 4.69) is 0 Å². The summed E-state index contributed by atoms with van der Waals surface area (Å²) in [5.74, 6) is -3.14. The van der Waals surface area contributed by atoms with Crippen molar-refractivity contribution in [3.05, 3.63) is 12.2 Å². The van der Waals surface area contributed by atoms with Gasteiger partial charge in [0, 0.05) is 0 Å². The molecule has 0 heterocycles. The van der Waals surface area contributed by atoms with Crippen molar-refractivity contribution in [3.8, 4) is 0 Å². The average molecular weight is 185 g/mol. The van der Waals surface area contributed by atoms with Crippen LogP contribution < -0.4 is 5.48 Å². The summed E-state index contributed by atoms with van der Waals surface area (Å²) in [4.78, 5) is 21.7. The van der Waals surface area contributed by atoms with Gasteiger partial charge in [-0.1, -0.05) is 12.2 Å². The maximum atomic E-state index is 11.0. The van der Waals surface area contributed by atoms with Gasteiger partial charge in [0.25, 0.3) is 5.91 Å². The number of hydroxylamine groups is 1. The Morgan fingerprint density at radius 2 is 2.15 bits per heavy atom. The Hall–Kier alpha value is -1.36. The number of carbonyl (C=O) groups excluding carboxylic acids is 1. The number of rotatable bonds is 2. The van der Waals surface area contributed by atoms with Crippen molar-refractivity contribution in [1.82, 2.24) is 5.48 Å². The van der Waals surface area contributed by atoms with E-state index in [-0.39, 0.29) is 0 Å². The largest absolute Gasteiger partial charge is 0.481 e. The van der Waals surface area contributed by atoms with Gasteiger partial charge in [-0.15, -0.1) is 0 Å². The highest BCUT2D eigenvalue weighted by Crippen LogP contribution is 2.24. The fourth-order valence-electron chi connectivity index (χ4n) is 1.45. The van der Waals surface area contributed by atoms with Gasteiger partial charge in [-0.2, -0.15) is 0 Å². The predicted octanol–water partition coefficient (Wildman–Crippen LogP) is 0.159. The summed E-state index contributed by atoms with van der Waals surface area (Å²) in [6, 6.07) is 0. The molecule has 3 N–H and O–H groups in total. The van der Waals surface area contributed by atoms with Gasteiger partial charge in [-0.3, -0.25) is 14.8 Å². The van der Waals surface area contributed by atoms with E-state index in [1.165, 1.54) is 11.6 Å². The van der Waals surface area contributed by atoms with Gasteiger partial charge in [0.05, 0.1) is 11.8 Å². The number of allylic oxidation sites excluding steroid dienone is 1. The third-order valence-corrected chi connectivity index (χ3v) is 2.15. The Morgan fingerprint density at radius 1 is 1.46 bits per heavy atom. The number of nitrogens with one attached hydrogen (secondary N) is 1. The van der Waals surface area contributed by atoms with E-state index in [1.807, 2.05) is 0 Å². The maximum absolute atomic E-state index is 11.0. The first-order valence-electron chi connectivity index (χ1n) is 4.00. The van der Waals surface area contributed by atoms with E-state index >= 15 is 0 Å². The quantitative estimate of drug-likeness (QED) is 0.325. The van der Waals surface area contributed by atoms with Crippen LogP contribution >= 0.6 is 0 Å². The number of aliphatic carboxylic acids is 1. The summed E-state index contributed by atoms with van der Waals surface area (Å²) in [7, 11) is 0. The van der Waals surface area contributed by atoms with E-state index in [0.29, 0.717) is 12.8 Å². The van der Waals surface area contributed by atoms with Crippen molar-refractivity contribution in [3.63, 3.8) is 0 Å². The van der Waals surface area contributed by atoms with E-state index in [0.717, 1.165) is 0 Å². The van der Waals surface area contributed by atoms with Gasteiger partial charge in [0.1, 0.15) is 0 Å². The molecule has 0 spiro atoms. The molecule has 0 aromatic carbocycles. The second-order valence-corrected chi connectivity index (χ2v) is 2.95. The van der Waals surface area contributed by atoms with Crippen LogP contribution in [-0.4, -0.2) is 22.2 Å². The third-order valence-electron chi connectivity index (χ3n) is 2.15. The fraction of sp³-hybridized carbons (Fsp3) is 0.500. The summed E-state index contributed by atoms with van der Waals surface area (Å²) in [6.07, 6.45) is 4.36. The molecule has 0 fully saturated rings. The zero-order chi connectivity index (χ0) is 9.84. The molecule has 0 aromatic rings. The number of carboxylic acids is 1. The lowest BCUT2D eigenvalue weighted by molar-refractivity contribution is -0.148. The standard InChI is InChI=1S/C8H11NO4/c10-7(9-13)5-3-1-2-4-6(5)8(11)12/h1,3,5-6,13H,2,4H2,(H,9,10)(H,11,12). The lowest BCUT2D eigenvalue weighted by Crippen LogP contribution is -2.36. The first kappa shape index (κ1) is 9.73. The highest BCUT2D eigenvalue weighted by Gasteiger charge is 2.32. The molecule has 1 aliphatic rings. The molecule has 0 bridgehead atoms. The molecule has 0 saturated carbocycles. The molecule has 72 valence electrons. The molecule has 2 unspecified atom stereocenters. The lowest BCUT2D eigenvalue weighted by Gasteiger charge is -2.21. The van der Waals surface area contributed by atoms with E-state index in [1.54, 1.807) is 6.08 Å². The minimum atomic E-state index is -1.00. The normalized spacial score (nSPS) is 26.8. The molecule has 1 aliphatic carbocycles. The molecule has 2 atom stereocenters. The average Bonchev–Trinajstić information content (AvgIpc) is 2.16. The van der Waals surface area contributed by atoms with Crippen molar-refractivity contribution in [2.45, 2.75) is 12.8 Å². The SMILES string of the molecule is O=C(NO)C1C=CCCC1C(=O)O. The fourth-order valence-corrected chi connectivity index (χ4v) is 1.45. The van der Waals surface area contributed by atoms with E-state index in [4.69, 9.17) is 10.3 Å². The van der Waals surface area contributed by atoms with Crippen molar-refractivity contribution in [2.75, 3.05) is 0 Å². The van der Waals surface area contributed by atoms with Crippen LogP contribution in [0, 0.1) is 11.8 Å². The molecule has 5 nitrogen and oxygen atoms in total. The van der Waals surface area contributed by atoms with Crippen LogP contribution in [0.4, 0.5) is 0 Å². The molecular weight excluding hydrogens is 174 g/mol. The Kier molecular flexibility index (Phi) is 3.02. The van der Waals surface area contributed by atoms with E-state index in [9.17, 15) is 9.59 Å². The minimum absolute atomic E-state index is 0.434. The van der Waals surface area contributed by atoms with Gasteiger partial charge in [0.15, 0.2) is 0 Å². The zero-order valence-corrected chi connectivity index (χ0v) is 6.93. The van der Waals surface area contributed by atoms with Gasteiger partial charge < -0.3 is 5.11 Å². The topological polar surface area (TPSA) is 86.6 Å². The third kappa shape index (κ3) is 2.06. The molecule has 5 heteroatoms. The molecule has 1 rings (SSSR count). The van der Waals surface area contributed by atoms with Crippen LogP contribution in [0.2, 0.25) is 0 Å². The molecule has 0 saturated heterocycles. The Bertz CT molecular complexity index is 249. The molecule has 0 radical (unpaired) electrons. The van der Waals surface area contributed by atoms with E-state index < -0.39 is 23.7 Å². The summed E-state index contributed by atoms with van der Waals surface area (Å²) < 4.78 is 0. The number of hydrogen-bond donors (Lipinski definition) is 3. The minimum Gasteiger partial charge on any atom is -0.481 e. The zero-order valence-electron chi connectivity index (χ0n) is 6.93. The molecule has 1 amide bonds. The summed E-state index contributed by atoms with van der Waals surface area (Å²) in [5, 5.41) is 17.1. The van der Waals surface area contributed by atoms with Gasteiger partial charge in [-0.25, -0.2) is 5.48 Å². The predicted molar refractivity (Wildman–Crippen MR) is 42.9 cm³/mol. The van der Waals surface area contributed by atoms with Crippen LogP contribution in [0.15, 0.2) is 12.2 Å². The van der Waals surface area contributed by atoms with Crippen LogP contribution in [-0.2, 0) is 9.59 Å². The number of amides is 1. The van der Waals surface area contributed by atoms with Crippen molar-refractivity contribution < 1.29 is 19.9 Å². The van der Waals surface area contributed by atoms with Crippen LogP contribution in [0.25, 0.3) is 0 Å². The molecule has 13 heavy (non-hydrogen) atoms. The Balaban J connectivity index is 2.77. The Morgan fingerprint density at radius 3 is 2.69 bits per heavy atom. The number of carbonyl (C=O) groups is 2. The van der Waals surface area contributed by atoms with Crippen molar-refractivity contribution >= 4 is 11.9 Å². The number of hydrogen-bond acceptors (Lipinski definition) is 3. The van der Waals surface area contributed by atoms with Gasteiger partial charge >= 0.3 is 5.97 Å². The summed E-state index contributed by atoms with van der Waals surface area (Å²) in [6.45, 7) is 0. The lowest BCUT2D eigenvalue weighted by atomic mass is 9.83.